The van der Waals surface area contributed by atoms with Gasteiger partial charge in [0.15, 0.2) is 0 Å². The van der Waals surface area contributed by atoms with Crippen LogP contribution in [0.3, 0.4) is 0 Å². The van der Waals surface area contributed by atoms with E-state index >= 15 is 0 Å². The van der Waals surface area contributed by atoms with Crippen LogP contribution in [-0.4, -0.2) is 13.7 Å². The van der Waals surface area contributed by atoms with E-state index in [0.29, 0.717) is 0 Å². The van der Waals surface area contributed by atoms with Gasteiger partial charge in [-0.3, -0.25) is 0 Å². The van der Waals surface area contributed by atoms with Gasteiger partial charge in [-0.25, -0.2) is 0 Å². The summed E-state index contributed by atoms with van der Waals surface area (Å²) in [6.07, 6.45) is 0. The summed E-state index contributed by atoms with van der Waals surface area (Å²) in [6, 6.07) is 14.9. The summed E-state index contributed by atoms with van der Waals surface area (Å²) in [4.78, 5) is 1.28. The summed E-state index contributed by atoms with van der Waals surface area (Å²) in [5.74, 6) is 1.84. The monoisotopic (exact) mass is 365 g/mol. The van der Waals surface area contributed by atoms with E-state index in [1.807, 2.05) is 23.9 Å². The van der Waals surface area contributed by atoms with E-state index in [2.05, 4.69) is 58.5 Å². The molecule has 4 heteroatoms. The van der Waals surface area contributed by atoms with Crippen molar-refractivity contribution in [1.82, 2.24) is 5.32 Å². The predicted octanol–water partition coefficient (Wildman–Crippen LogP) is 4.86. The van der Waals surface area contributed by atoms with Crippen LogP contribution in [0.2, 0.25) is 0 Å². The van der Waals surface area contributed by atoms with Crippen LogP contribution in [0.4, 0.5) is 0 Å². The van der Waals surface area contributed by atoms with Crippen LogP contribution in [0.15, 0.2) is 51.8 Å². The third-order valence-corrected chi connectivity index (χ3v) is 4.69. The lowest BCUT2D eigenvalue weighted by atomic mass is 10.2. The Labute approximate surface area is 139 Å². The first-order valence-electron chi connectivity index (χ1n) is 6.97. The molecule has 2 aromatic rings. The van der Waals surface area contributed by atoms with Gasteiger partial charge in [-0.2, -0.15) is 0 Å². The zero-order valence-electron chi connectivity index (χ0n) is 12.4. The molecule has 112 valence electrons. The van der Waals surface area contributed by atoms with Crippen molar-refractivity contribution < 1.29 is 4.74 Å². The summed E-state index contributed by atoms with van der Waals surface area (Å²) >= 11 is 5.34. The average Bonchev–Trinajstić information content (AvgIpc) is 2.52. The average molecular weight is 366 g/mol. The molecule has 0 saturated carbocycles. The molecule has 0 fully saturated rings. The second-order valence-corrected chi connectivity index (χ2v) is 6.63. The first kappa shape index (κ1) is 16.4. The van der Waals surface area contributed by atoms with Crippen molar-refractivity contribution in [2.75, 3.05) is 13.7 Å². The molecular formula is C17H20BrNOS. The van der Waals surface area contributed by atoms with Crippen LogP contribution in [-0.2, 0) is 12.3 Å². The SMILES string of the molecule is CCNCc1ccc(SCc2cc(Br)ccc2OC)cc1. The molecule has 0 bridgehead atoms. The van der Waals surface area contributed by atoms with Gasteiger partial charge in [0.1, 0.15) is 5.75 Å². The molecule has 0 aromatic heterocycles. The van der Waals surface area contributed by atoms with Crippen LogP contribution in [0.1, 0.15) is 18.1 Å². The molecule has 2 nitrogen and oxygen atoms in total. The van der Waals surface area contributed by atoms with Gasteiger partial charge in [-0.15, -0.1) is 11.8 Å². The van der Waals surface area contributed by atoms with Crippen molar-refractivity contribution in [3.8, 4) is 5.75 Å². The van der Waals surface area contributed by atoms with E-state index in [1.165, 1.54) is 16.0 Å². The van der Waals surface area contributed by atoms with E-state index in [4.69, 9.17) is 4.74 Å². The van der Waals surface area contributed by atoms with Gasteiger partial charge in [0, 0.05) is 27.2 Å². The first-order chi connectivity index (χ1) is 10.2. The smallest absolute Gasteiger partial charge is 0.122 e. The summed E-state index contributed by atoms with van der Waals surface area (Å²) in [5, 5.41) is 3.33. The number of hydrogen-bond donors (Lipinski definition) is 1. The Bertz CT molecular complexity index is 572. The highest BCUT2D eigenvalue weighted by atomic mass is 79.9. The largest absolute Gasteiger partial charge is 0.496 e. The second kappa shape index (κ2) is 8.47. The maximum atomic E-state index is 5.41. The van der Waals surface area contributed by atoms with Crippen molar-refractivity contribution in [1.29, 1.82) is 0 Å². The molecule has 0 radical (unpaired) electrons. The fraction of sp³-hybridized carbons (Fsp3) is 0.294. The number of nitrogens with one attached hydrogen (secondary N) is 1. The van der Waals surface area contributed by atoms with Crippen LogP contribution in [0.25, 0.3) is 0 Å². The second-order valence-electron chi connectivity index (χ2n) is 4.67. The predicted molar refractivity (Wildman–Crippen MR) is 94.1 cm³/mol. The number of thioether (sulfide) groups is 1. The van der Waals surface area contributed by atoms with Gasteiger partial charge >= 0.3 is 0 Å². The number of halogens is 1. The standard InChI is InChI=1S/C17H20BrNOS/c1-3-19-11-13-4-7-16(8-5-13)21-12-14-10-15(18)6-9-17(14)20-2/h4-10,19H,3,11-12H2,1-2H3. The van der Waals surface area contributed by atoms with Gasteiger partial charge in [0.05, 0.1) is 7.11 Å². The molecule has 0 aliphatic heterocycles. The lowest BCUT2D eigenvalue weighted by Crippen LogP contribution is -2.11. The molecular weight excluding hydrogens is 346 g/mol. The Morgan fingerprint density at radius 1 is 1.14 bits per heavy atom. The van der Waals surface area contributed by atoms with Crippen LogP contribution in [0.5, 0.6) is 5.75 Å². The maximum Gasteiger partial charge on any atom is 0.122 e. The summed E-state index contributed by atoms with van der Waals surface area (Å²) < 4.78 is 6.49. The Morgan fingerprint density at radius 2 is 1.90 bits per heavy atom. The quantitative estimate of drug-likeness (QED) is 0.707. The number of benzene rings is 2. The summed E-state index contributed by atoms with van der Waals surface area (Å²) in [6.45, 7) is 4.05. The number of ether oxygens (including phenoxy) is 1. The van der Waals surface area contributed by atoms with Crippen molar-refractivity contribution in [3.05, 3.63) is 58.1 Å². The Morgan fingerprint density at radius 3 is 2.57 bits per heavy atom. The van der Waals surface area contributed by atoms with Crippen LogP contribution in [0, 0.1) is 0 Å². The topological polar surface area (TPSA) is 21.3 Å². The molecule has 0 aliphatic carbocycles. The number of hydrogen-bond acceptors (Lipinski definition) is 3. The molecule has 21 heavy (non-hydrogen) atoms. The third kappa shape index (κ3) is 5.06. The minimum absolute atomic E-state index is 0.898. The minimum atomic E-state index is 0.898. The molecule has 2 aromatic carbocycles. The number of methoxy groups -OCH3 is 1. The minimum Gasteiger partial charge on any atom is -0.496 e. The fourth-order valence-corrected chi connectivity index (χ4v) is 3.28. The van der Waals surface area contributed by atoms with Crippen molar-refractivity contribution >= 4 is 27.7 Å². The van der Waals surface area contributed by atoms with E-state index in [9.17, 15) is 0 Å². The molecule has 0 saturated heterocycles. The highest BCUT2D eigenvalue weighted by molar-refractivity contribution is 9.10. The molecule has 0 unspecified atom stereocenters. The van der Waals surface area contributed by atoms with Crippen LogP contribution < -0.4 is 10.1 Å². The van der Waals surface area contributed by atoms with Gasteiger partial charge in [-0.05, 0) is 42.4 Å². The van der Waals surface area contributed by atoms with E-state index in [0.717, 1.165) is 29.1 Å². The molecule has 0 heterocycles. The van der Waals surface area contributed by atoms with E-state index < -0.39 is 0 Å². The molecule has 0 aliphatic rings. The molecule has 2 rings (SSSR count). The number of rotatable bonds is 7. The molecule has 0 amide bonds. The Balaban J connectivity index is 1.98. The zero-order chi connectivity index (χ0) is 15.1. The molecule has 1 N–H and O–H groups in total. The summed E-state index contributed by atoms with van der Waals surface area (Å²) in [5.41, 5.74) is 2.52. The lowest BCUT2D eigenvalue weighted by Gasteiger charge is -2.09. The zero-order valence-corrected chi connectivity index (χ0v) is 14.8. The molecule has 0 spiro atoms. The van der Waals surface area contributed by atoms with Gasteiger partial charge in [-0.1, -0.05) is 35.0 Å². The van der Waals surface area contributed by atoms with Crippen molar-refractivity contribution in [3.63, 3.8) is 0 Å². The van der Waals surface area contributed by atoms with Gasteiger partial charge in [0.2, 0.25) is 0 Å². The van der Waals surface area contributed by atoms with Gasteiger partial charge < -0.3 is 10.1 Å². The summed E-state index contributed by atoms with van der Waals surface area (Å²) in [7, 11) is 1.72. The third-order valence-electron chi connectivity index (χ3n) is 3.14. The normalized spacial score (nSPS) is 10.6. The van der Waals surface area contributed by atoms with Gasteiger partial charge in [0.25, 0.3) is 0 Å². The first-order valence-corrected chi connectivity index (χ1v) is 8.75. The van der Waals surface area contributed by atoms with Crippen LogP contribution >= 0.6 is 27.7 Å². The Hall–Kier alpha value is -0.970. The maximum absolute atomic E-state index is 5.41. The lowest BCUT2D eigenvalue weighted by molar-refractivity contribution is 0.411. The highest BCUT2D eigenvalue weighted by Gasteiger charge is 2.05. The van der Waals surface area contributed by atoms with E-state index in [-0.39, 0.29) is 0 Å². The highest BCUT2D eigenvalue weighted by Crippen LogP contribution is 2.30. The van der Waals surface area contributed by atoms with E-state index in [1.54, 1.807) is 7.11 Å². The molecule has 0 atom stereocenters. The Kier molecular flexibility index (Phi) is 6.61. The van der Waals surface area contributed by atoms with Crippen molar-refractivity contribution in [2.45, 2.75) is 24.1 Å². The fourth-order valence-electron chi connectivity index (χ4n) is 1.99. The van der Waals surface area contributed by atoms with Crippen molar-refractivity contribution in [2.24, 2.45) is 0 Å².